The van der Waals surface area contributed by atoms with Crippen LogP contribution in [0.2, 0.25) is 0 Å². The number of hydrogen-bond acceptors (Lipinski definition) is 3. The van der Waals surface area contributed by atoms with Gasteiger partial charge < -0.3 is 4.74 Å². The second-order valence-electron chi connectivity index (χ2n) is 4.57. The molecule has 0 amide bonds. The van der Waals surface area contributed by atoms with Crippen molar-refractivity contribution in [3.05, 3.63) is 66.0 Å². The first-order valence-electron chi connectivity index (χ1n) is 6.41. The van der Waals surface area contributed by atoms with Crippen LogP contribution in [0.1, 0.15) is 23.6 Å². The Kier molecular flexibility index (Phi) is 4.31. The van der Waals surface area contributed by atoms with Gasteiger partial charge in [0.2, 0.25) is 0 Å². The van der Waals surface area contributed by atoms with Crippen LogP contribution in [0, 0.1) is 6.92 Å². The van der Waals surface area contributed by atoms with Gasteiger partial charge in [-0.25, -0.2) is 0 Å². The molecule has 20 heavy (non-hydrogen) atoms. The van der Waals surface area contributed by atoms with Gasteiger partial charge in [0.15, 0.2) is 0 Å². The first kappa shape index (κ1) is 14.0. The lowest BCUT2D eigenvalue weighted by molar-refractivity contribution is 0.414. The predicted molar refractivity (Wildman–Crippen MR) is 83.2 cm³/mol. The van der Waals surface area contributed by atoms with E-state index in [-0.39, 0.29) is 0 Å². The molecule has 0 spiro atoms. The van der Waals surface area contributed by atoms with Crippen LogP contribution < -0.4 is 4.74 Å². The molecule has 0 fully saturated rings. The van der Waals surface area contributed by atoms with Crippen molar-refractivity contribution in [2.45, 2.75) is 13.8 Å². The fraction of sp³-hybridized carbons (Fsp3) is 0.176. The number of rotatable bonds is 4. The van der Waals surface area contributed by atoms with Gasteiger partial charge in [-0.15, -0.1) is 0 Å². The molecular weight excluding hydrogens is 248 g/mol. The Balaban J connectivity index is 2.33. The largest absolute Gasteiger partial charge is 0.497 e. The van der Waals surface area contributed by atoms with Crippen LogP contribution in [-0.4, -0.2) is 17.8 Å². The standard InChI is InChI=1S/C17H18N2O/c1-12-7-8-16(20-4)10-17(12)14(3)19-13(2)15-6-5-9-18-11-15/h5-11H,2H2,1,3-4H3. The molecule has 0 radical (unpaired) electrons. The summed E-state index contributed by atoms with van der Waals surface area (Å²) in [7, 11) is 1.66. The molecule has 0 atom stereocenters. The molecule has 1 aromatic heterocycles. The van der Waals surface area contributed by atoms with Gasteiger partial charge in [-0.1, -0.05) is 12.6 Å². The number of aryl methyl sites for hydroxylation is 1. The first-order chi connectivity index (χ1) is 9.61. The summed E-state index contributed by atoms with van der Waals surface area (Å²) in [6, 6.07) is 9.79. The summed E-state index contributed by atoms with van der Waals surface area (Å²) < 4.78 is 5.26. The minimum absolute atomic E-state index is 0.706. The number of nitrogens with zero attached hydrogens (tertiary/aromatic N) is 2. The highest BCUT2D eigenvalue weighted by Crippen LogP contribution is 2.20. The quantitative estimate of drug-likeness (QED) is 0.787. The maximum absolute atomic E-state index is 5.26. The molecule has 1 heterocycles. The number of ether oxygens (including phenoxy) is 1. The zero-order chi connectivity index (χ0) is 14.5. The van der Waals surface area contributed by atoms with E-state index < -0.39 is 0 Å². The summed E-state index contributed by atoms with van der Waals surface area (Å²) in [5.74, 6) is 0.826. The highest BCUT2D eigenvalue weighted by atomic mass is 16.5. The summed E-state index contributed by atoms with van der Waals surface area (Å²) in [5, 5.41) is 0. The Bertz CT molecular complexity index is 645. The van der Waals surface area contributed by atoms with Crippen molar-refractivity contribution in [1.29, 1.82) is 0 Å². The van der Waals surface area contributed by atoms with Gasteiger partial charge >= 0.3 is 0 Å². The molecule has 2 aromatic rings. The first-order valence-corrected chi connectivity index (χ1v) is 6.41. The maximum atomic E-state index is 5.26. The molecule has 0 saturated heterocycles. The number of methoxy groups -OCH3 is 1. The molecule has 0 saturated carbocycles. The van der Waals surface area contributed by atoms with Gasteiger partial charge in [0, 0.05) is 29.2 Å². The molecule has 0 unspecified atom stereocenters. The Morgan fingerprint density at radius 2 is 2.10 bits per heavy atom. The van der Waals surface area contributed by atoms with E-state index in [1.807, 2.05) is 37.3 Å². The summed E-state index contributed by atoms with van der Waals surface area (Å²) in [6.07, 6.45) is 3.50. The lowest BCUT2D eigenvalue weighted by Gasteiger charge is -2.09. The van der Waals surface area contributed by atoms with Gasteiger partial charge in [-0.3, -0.25) is 9.98 Å². The third-order valence-corrected chi connectivity index (χ3v) is 3.13. The molecule has 0 N–H and O–H groups in total. The third kappa shape index (κ3) is 3.12. The topological polar surface area (TPSA) is 34.5 Å². The van der Waals surface area contributed by atoms with Gasteiger partial charge in [-0.05, 0) is 43.7 Å². The SMILES string of the molecule is C=C(N=C(C)c1cc(OC)ccc1C)c1cccnc1. The van der Waals surface area contributed by atoms with Crippen LogP contribution in [-0.2, 0) is 0 Å². The van der Waals surface area contributed by atoms with Crippen LogP contribution in [0.4, 0.5) is 0 Å². The molecular formula is C17H18N2O. The monoisotopic (exact) mass is 266 g/mol. The molecule has 102 valence electrons. The van der Waals surface area contributed by atoms with Gasteiger partial charge in [0.05, 0.1) is 12.8 Å². The van der Waals surface area contributed by atoms with E-state index in [1.165, 1.54) is 0 Å². The second kappa shape index (κ2) is 6.15. The number of pyridine rings is 1. The Morgan fingerprint density at radius 1 is 1.30 bits per heavy atom. The van der Waals surface area contributed by atoms with Gasteiger partial charge in [0.1, 0.15) is 5.75 Å². The van der Waals surface area contributed by atoms with Crippen molar-refractivity contribution in [3.63, 3.8) is 0 Å². The lowest BCUT2D eigenvalue weighted by atomic mass is 10.0. The zero-order valence-electron chi connectivity index (χ0n) is 12.1. The van der Waals surface area contributed by atoms with Crippen LogP contribution in [0.5, 0.6) is 5.75 Å². The highest BCUT2D eigenvalue weighted by molar-refractivity contribution is 6.02. The Hall–Kier alpha value is -2.42. The predicted octanol–water partition coefficient (Wildman–Crippen LogP) is 3.88. The van der Waals surface area contributed by atoms with Gasteiger partial charge in [0.25, 0.3) is 0 Å². The van der Waals surface area contributed by atoms with E-state index in [0.717, 1.165) is 28.2 Å². The minimum atomic E-state index is 0.706. The van der Waals surface area contributed by atoms with E-state index in [9.17, 15) is 0 Å². The van der Waals surface area contributed by atoms with Crippen LogP contribution in [0.3, 0.4) is 0 Å². The number of aromatic nitrogens is 1. The van der Waals surface area contributed by atoms with E-state index in [1.54, 1.807) is 19.5 Å². The number of aliphatic imine (C=N–C) groups is 1. The lowest BCUT2D eigenvalue weighted by Crippen LogP contribution is -1.99. The average Bonchev–Trinajstić information content (AvgIpc) is 2.48. The molecule has 1 aromatic carbocycles. The highest BCUT2D eigenvalue weighted by Gasteiger charge is 2.05. The van der Waals surface area contributed by atoms with Crippen LogP contribution in [0.15, 0.2) is 54.3 Å². The van der Waals surface area contributed by atoms with Crippen molar-refractivity contribution < 1.29 is 4.74 Å². The fourth-order valence-electron chi connectivity index (χ4n) is 1.98. The molecule has 0 aliphatic heterocycles. The number of hydrogen-bond donors (Lipinski definition) is 0. The van der Waals surface area contributed by atoms with Gasteiger partial charge in [-0.2, -0.15) is 0 Å². The zero-order valence-corrected chi connectivity index (χ0v) is 12.1. The van der Waals surface area contributed by atoms with Crippen LogP contribution in [0.25, 0.3) is 5.70 Å². The molecule has 0 bridgehead atoms. The Morgan fingerprint density at radius 3 is 2.75 bits per heavy atom. The van der Waals surface area contributed by atoms with E-state index in [2.05, 4.69) is 23.5 Å². The fourth-order valence-corrected chi connectivity index (χ4v) is 1.98. The molecule has 3 heteroatoms. The van der Waals surface area contributed by atoms with Crippen molar-refractivity contribution in [3.8, 4) is 5.75 Å². The number of benzene rings is 1. The van der Waals surface area contributed by atoms with Crippen molar-refractivity contribution in [1.82, 2.24) is 4.98 Å². The minimum Gasteiger partial charge on any atom is -0.497 e. The van der Waals surface area contributed by atoms with E-state index in [0.29, 0.717) is 5.70 Å². The van der Waals surface area contributed by atoms with E-state index >= 15 is 0 Å². The van der Waals surface area contributed by atoms with Crippen molar-refractivity contribution in [2.75, 3.05) is 7.11 Å². The van der Waals surface area contributed by atoms with Crippen molar-refractivity contribution in [2.24, 2.45) is 4.99 Å². The van der Waals surface area contributed by atoms with E-state index in [4.69, 9.17) is 4.74 Å². The maximum Gasteiger partial charge on any atom is 0.119 e. The summed E-state index contributed by atoms with van der Waals surface area (Å²) in [5.41, 5.74) is 4.76. The Labute approximate surface area is 119 Å². The summed E-state index contributed by atoms with van der Waals surface area (Å²) >= 11 is 0. The molecule has 2 rings (SSSR count). The molecule has 0 aliphatic rings. The molecule has 0 aliphatic carbocycles. The normalized spacial score (nSPS) is 11.2. The third-order valence-electron chi connectivity index (χ3n) is 3.13. The average molecular weight is 266 g/mol. The van der Waals surface area contributed by atoms with Crippen LogP contribution >= 0.6 is 0 Å². The molecule has 3 nitrogen and oxygen atoms in total. The smallest absolute Gasteiger partial charge is 0.119 e. The van der Waals surface area contributed by atoms with Crippen molar-refractivity contribution >= 4 is 11.4 Å². The summed E-state index contributed by atoms with van der Waals surface area (Å²) in [4.78, 5) is 8.66. The second-order valence-corrected chi connectivity index (χ2v) is 4.57. The summed E-state index contributed by atoms with van der Waals surface area (Å²) in [6.45, 7) is 8.04.